The Morgan fingerprint density at radius 2 is 2.12 bits per heavy atom. The molecule has 126 valence electrons. The highest BCUT2D eigenvalue weighted by Gasteiger charge is 2.13. The van der Waals surface area contributed by atoms with Gasteiger partial charge in [-0.15, -0.1) is 5.10 Å². The number of furan rings is 1. The van der Waals surface area contributed by atoms with Gasteiger partial charge in [-0.2, -0.15) is 0 Å². The average Bonchev–Trinajstić information content (AvgIpc) is 3.22. The molecule has 0 aliphatic rings. The maximum Gasteiger partial charge on any atom is 0.371 e. The first-order chi connectivity index (χ1) is 12.2. The highest BCUT2D eigenvalue weighted by molar-refractivity contribution is 5.92. The summed E-state index contributed by atoms with van der Waals surface area (Å²) in [6.07, 6.45) is 1.71. The molecule has 25 heavy (non-hydrogen) atoms. The molecule has 0 spiro atoms. The molecule has 0 radical (unpaired) electrons. The smallest absolute Gasteiger partial charge is 0.371 e. The van der Waals surface area contributed by atoms with Crippen molar-refractivity contribution in [2.75, 3.05) is 18.5 Å². The highest BCUT2D eigenvalue weighted by Crippen LogP contribution is 2.27. The number of benzene rings is 1. The third kappa shape index (κ3) is 2.68. The summed E-state index contributed by atoms with van der Waals surface area (Å²) < 4.78 is 6.97. The van der Waals surface area contributed by atoms with Crippen LogP contribution in [-0.4, -0.2) is 43.9 Å². The molecule has 0 unspecified atom stereocenters. The van der Waals surface area contributed by atoms with Crippen molar-refractivity contribution < 1.29 is 19.4 Å². The second-order valence-corrected chi connectivity index (χ2v) is 5.45. The molecule has 3 heterocycles. The molecule has 0 bridgehead atoms. The Morgan fingerprint density at radius 1 is 1.24 bits per heavy atom. The van der Waals surface area contributed by atoms with Crippen LogP contribution in [0.4, 0.5) is 5.82 Å². The van der Waals surface area contributed by atoms with E-state index in [-0.39, 0.29) is 12.4 Å². The predicted molar refractivity (Wildman–Crippen MR) is 90.7 cm³/mol. The van der Waals surface area contributed by atoms with E-state index in [0.29, 0.717) is 29.0 Å². The van der Waals surface area contributed by atoms with E-state index in [9.17, 15) is 4.79 Å². The Labute approximate surface area is 141 Å². The van der Waals surface area contributed by atoms with Gasteiger partial charge in [-0.05, 0) is 36.4 Å². The number of aliphatic hydroxyl groups excluding tert-OH is 1. The van der Waals surface area contributed by atoms with E-state index in [0.717, 1.165) is 11.3 Å². The van der Waals surface area contributed by atoms with Crippen molar-refractivity contribution in [2.45, 2.75) is 0 Å². The molecule has 0 amide bonds. The Balaban J connectivity index is 1.80. The van der Waals surface area contributed by atoms with Crippen LogP contribution < -0.4 is 5.32 Å². The fourth-order valence-corrected chi connectivity index (χ4v) is 2.66. The normalized spacial score (nSPS) is 11.2. The molecular weight excluding hydrogens is 324 g/mol. The molecule has 4 aromatic rings. The lowest BCUT2D eigenvalue weighted by molar-refractivity contribution is 0.0665. The van der Waals surface area contributed by atoms with E-state index in [4.69, 9.17) is 14.6 Å². The van der Waals surface area contributed by atoms with Crippen molar-refractivity contribution in [1.82, 2.24) is 14.6 Å². The van der Waals surface area contributed by atoms with Gasteiger partial charge in [-0.25, -0.2) is 14.3 Å². The van der Waals surface area contributed by atoms with Gasteiger partial charge in [0, 0.05) is 17.5 Å². The third-order valence-corrected chi connectivity index (χ3v) is 3.80. The Morgan fingerprint density at radius 3 is 2.92 bits per heavy atom. The number of nitrogens with zero attached hydrogens (tertiary/aromatic N) is 3. The molecule has 3 aromatic heterocycles. The lowest BCUT2D eigenvalue weighted by Gasteiger charge is -2.05. The molecule has 0 atom stereocenters. The molecule has 8 heteroatoms. The van der Waals surface area contributed by atoms with E-state index in [1.54, 1.807) is 22.8 Å². The minimum atomic E-state index is -1.10. The highest BCUT2D eigenvalue weighted by atomic mass is 16.4. The van der Waals surface area contributed by atoms with Gasteiger partial charge < -0.3 is 19.9 Å². The molecule has 0 aliphatic heterocycles. The largest absolute Gasteiger partial charge is 0.475 e. The zero-order valence-electron chi connectivity index (χ0n) is 13.0. The number of carbonyl (C=O) groups is 1. The number of anilines is 1. The van der Waals surface area contributed by atoms with Crippen LogP contribution in [0.25, 0.3) is 27.9 Å². The van der Waals surface area contributed by atoms with Crippen LogP contribution in [0.15, 0.2) is 47.0 Å². The Kier molecular flexibility index (Phi) is 3.58. The minimum absolute atomic E-state index is 0.0135. The third-order valence-electron chi connectivity index (χ3n) is 3.80. The first-order valence-corrected chi connectivity index (χ1v) is 7.62. The van der Waals surface area contributed by atoms with Crippen molar-refractivity contribution in [3.05, 3.63) is 48.4 Å². The van der Waals surface area contributed by atoms with Crippen LogP contribution in [0.3, 0.4) is 0 Å². The van der Waals surface area contributed by atoms with Crippen LogP contribution in [0.5, 0.6) is 0 Å². The first-order valence-electron chi connectivity index (χ1n) is 7.62. The summed E-state index contributed by atoms with van der Waals surface area (Å²) >= 11 is 0. The van der Waals surface area contributed by atoms with Crippen LogP contribution >= 0.6 is 0 Å². The van der Waals surface area contributed by atoms with Gasteiger partial charge in [-0.1, -0.05) is 0 Å². The summed E-state index contributed by atoms with van der Waals surface area (Å²) in [6.45, 7) is 0.418. The van der Waals surface area contributed by atoms with E-state index < -0.39 is 5.97 Å². The van der Waals surface area contributed by atoms with Gasteiger partial charge in [0.15, 0.2) is 5.65 Å². The maximum absolute atomic E-state index is 11.0. The number of nitrogens with one attached hydrogen (secondary N) is 1. The monoisotopic (exact) mass is 338 g/mol. The molecule has 3 N–H and O–H groups in total. The Hall–Kier alpha value is -3.39. The van der Waals surface area contributed by atoms with Crippen molar-refractivity contribution in [3.63, 3.8) is 0 Å². The molecule has 1 aromatic carbocycles. The summed E-state index contributed by atoms with van der Waals surface area (Å²) in [6, 6.07) is 10.5. The molecule has 0 aliphatic carbocycles. The molecule has 4 rings (SSSR count). The van der Waals surface area contributed by atoms with Gasteiger partial charge in [-0.3, -0.25) is 0 Å². The van der Waals surface area contributed by atoms with Gasteiger partial charge >= 0.3 is 5.97 Å². The van der Waals surface area contributed by atoms with Crippen molar-refractivity contribution >= 4 is 28.4 Å². The number of fused-ring (bicyclic) bond motifs is 2. The topological polar surface area (TPSA) is 113 Å². The standard InChI is InChI=1S/C17H14N4O4/c22-6-5-18-15-3-4-16-19-9-12(21(16)20-15)10-1-2-13-11(7-10)8-14(25-13)17(23)24/h1-4,7-9,22H,5-6H2,(H,18,20)(H,23,24). The van der Waals surface area contributed by atoms with E-state index in [1.807, 2.05) is 18.2 Å². The van der Waals surface area contributed by atoms with Crippen molar-refractivity contribution in [2.24, 2.45) is 0 Å². The van der Waals surface area contributed by atoms with Crippen LogP contribution in [0.1, 0.15) is 10.6 Å². The van der Waals surface area contributed by atoms with Gasteiger partial charge in [0.1, 0.15) is 11.4 Å². The fourth-order valence-electron chi connectivity index (χ4n) is 2.66. The number of carboxylic acids is 1. The summed E-state index contributed by atoms with van der Waals surface area (Å²) in [5.74, 6) is -0.578. The van der Waals surface area contributed by atoms with Gasteiger partial charge in [0.2, 0.25) is 5.76 Å². The number of aromatic carboxylic acids is 1. The summed E-state index contributed by atoms with van der Waals surface area (Å²) in [7, 11) is 0. The number of hydrogen-bond donors (Lipinski definition) is 3. The molecule has 8 nitrogen and oxygen atoms in total. The zero-order chi connectivity index (χ0) is 17.4. The summed E-state index contributed by atoms with van der Waals surface area (Å²) in [4.78, 5) is 15.4. The van der Waals surface area contributed by atoms with E-state index in [1.165, 1.54) is 6.07 Å². The second-order valence-electron chi connectivity index (χ2n) is 5.45. The van der Waals surface area contributed by atoms with Crippen LogP contribution in [-0.2, 0) is 0 Å². The van der Waals surface area contributed by atoms with E-state index in [2.05, 4.69) is 15.4 Å². The number of aromatic nitrogens is 3. The fraction of sp³-hybridized carbons (Fsp3) is 0.118. The average molecular weight is 338 g/mol. The lowest BCUT2D eigenvalue weighted by atomic mass is 10.1. The predicted octanol–water partition coefficient (Wildman–Crippen LogP) is 2.24. The number of imidazole rings is 1. The summed E-state index contributed by atoms with van der Waals surface area (Å²) in [5.41, 5.74) is 2.79. The lowest BCUT2D eigenvalue weighted by Crippen LogP contribution is -2.08. The second kappa shape index (κ2) is 5.91. The maximum atomic E-state index is 11.0. The molecule has 0 saturated heterocycles. The zero-order valence-corrected chi connectivity index (χ0v) is 13.0. The van der Waals surface area contributed by atoms with E-state index >= 15 is 0 Å². The van der Waals surface area contributed by atoms with Crippen LogP contribution in [0.2, 0.25) is 0 Å². The SMILES string of the molecule is O=C(O)c1cc2cc(-c3cnc4ccc(NCCO)nn34)ccc2o1. The molecule has 0 saturated carbocycles. The van der Waals surface area contributed by atoms with Gasteiger partial charge in [0.05, 0.1) is 18.5 Å². The number of rotatable bonds is 5. The number of carboxylic acid groups (broad SMARTS) is 1. The molecular formula is C17H14N4O4. The summed E-state index contributed by atoms with van der Waals surface area (Å²) in [5, 5.41) is 26.1. The van der Waals surface area contributed by atoms with Crippen molar-refractivity contribution in [3.8, 4) is 11.3 Å². The number of aliphatic hydroxyl groups is 1. The van der Waals surface area contributed by atoms with Crippen molar-refractivity contribution in [1.29, 1.82) is 0 Å². The molecule has 0 fully saturated rings. The minimum Gasteiger partial charge on any atom is -0.475 e. The Bertz CT molecular complexity index is 1080. The van der Waals surface area contributed by atoms with Gasteiger partial charge in [0.25, 0.3) is 0 Å². The number of hydrogen-bond acceptors (Lipinski definition) is 6. The van der Waals surface area contributed by atoms with Crippen LogP contribution in [0, 0.1) is 0 Å². The quantitative estimate of drug-likeness (QED) is 0.511. The first kappa shape index (κ1) is 15.2.